The number of hydrogen-bond acceptors (Lipinski definition) is 5. The molecule has 122 valence electrons. The number of hydrogen-bond donors (Lipinski definition) is 1. The van der Waals surface area contributed by atoms with E-state index in [1.54, 1.807) is 13.0 Å². The highest BCUT2D eigenvalue weighted by Gasteiger charge is 2.41. The Bertz CT molecular complexity index is 561. The molecule has 0 aromatic carbocycles. The summed E-state index contributed by atoms with van der Waals surface area (Å²) in [5, 5.41) is 13.1. The number of aromatic nitrogens is 1. The molecule has 22 heavy (non-hydrogen) atoms. The molecule has 1 N–H and O–H groups in total. The summed E-state index contributed by atoms with van der Waals surface area (Å²) in [5.74, 6) is -0.863. The second-order valence-corrected chi connectivity index (χ2v) is 6.60. The highest BCUT2D eigenvalue weighted by molar-refractivity contribution is 5.85. The molecule has 2 rings (SSSR count). The molecule has 2 atom stereocenters. The second-order valence-electron chi connectivity index (χ2n) is 6.60. The van der Waals surface area contributed by atoms with Crippen molar-refractivity contribution in [3.63, 3.8) is 0 Å². The van der Waals surface area contributed by atoms with Crippen LogP contribution in [0.4, 0.5) is 0 Å². The maximum atomic E-state index is 12.4. The minimum Gasteiger partial charge on any atom is -0.480 e. The van der Waals surface area contributed by atoms with Gasteiger partial charge in [-0.3, -0.25) is 4.79 Å². The van der Waals surface area contributed by atoms with Gasteiger partial charge in [0.1, 0.15) is 11.8 Å². The molecule has 1 aromatic rings. The van der Waals surface area contributed by atoms with Gasteiger partial charge in [0, 0.05) is 19.0 Å². The zero-order chi connectivity index (χ0) is 16.5. The Kier molecular flexibility index (Phi) is 4.55. The maximum Gasteiger partial charge on any atom is 0.326 e. The van der Waals surface area contributed by atoms with Crippen LogP contribution in [0.2, 0.25) is 0 Å². The maximum absolute atomic E-state index is 12.4. The smallest absolute Gasteiger partial charge is 0.326 e. The minimum atomic E-state index is -1.01. The van der Waals surface area contributed by atoms with Crippen molar-refractivity contribution >= 4 is 11.9 Å². The Hall–Kier alpha value is -1.89. The SMILES string of the molecule is Cc1cc(CC(=O)N2CC(OC(C)(C)C)C[C@H]2C(=O)O)on1. The largest absolute Gasteiger partial charge is 0.480 e. The van der Waals surface area contributed by atoms with Crippen molar-refractivity contribution in [2.75, 3.05) is 6.54 Å². The Labute approximate surface area is 129 Å². The summed E-state index contributed by atoms with van der Waals surface area (Å²) < 4.78 is 10.8. The lowest BCUT2D eigenvalue weighted by molar-refractivity contribution is -0.148. The molecule has 1 aromatic heterocycles. The fourth-order valence-corrected chi connectivity index (χ4v) is 2.64. The van der Waals surface area contributed by atoms with Crippen LogP contribution in [0, 0.1) is 6.92 Å². The summed E-state index contributed by atoms with van der Waals surface area (Å²) in [6, 6.07) is 0.816. The van der Waals surface area contributed by atoms with Gasteiger partial charge in [0.25, 0.3) is 0 Å². The van der Waals surface area contributed by atoms with Crippen LogP contribution >= 0.6 is 0 Å². The van der Waals surface area contributed by atoms with Crippen LogP contribution in [0.15, 0.2) is 10.6 Å². The van der Waals surface area contributed by atoms with E-state index < -0.39 is 12.0 Å². The van der Waals surface area contributed by atoms with Gasteiger partial charge < -0.3 is 19.3 Å². The molecule has 0 aliphatic carbocycles. The molecule has 0 bridgehead atoms. The number of amides is 1. The van der Waals surface area contributed by atoms with E-state index >= 15 is 0 Å². The van der Waals surface area contributed by atoms with Crippen LogP contribution in [0.5, 0.6) is 0 Å². The second kappa shape index (κ2) is 6.08. The summed E-state index contributed by atoms with van der Waals surface area (Å²) in [6.07, 6.45) is 0.0298. The third-order valence-corrected chi connectivity index (χ3v) is 3.39. The molecule has 7 nitrogen and oxygen atoms in total. The van der Waals surface area contributed by atoms with Gasteiger partial charge in [-0.25, -0.2) is 4.79 Å². The first-order valence-corrected chi connectivity index (χ1v) is 7.28. The number of aliphatic carboxylic acids is 1. The molecule has 1 unspecified atom stereocenters. The predicted molar refractivity (Wildman–Crippen MR) is 77.3 cm³/mol. The predicted octanol–water partition coefficient (Wildman–Crippen LogP) is 1.39. The Balaban J connectivity index is 2.06. The van der Waals surface area contributed by atoms with Gasteiger partial charge in [0.2, 0.25) is 5.91 Å². The van der Waals surface area contributed by atoms with Gasteiger partial charge in [-0.1, -0.05) is 5.16 Å². The van der Waals surface area contributed by atoms with E-state index in [0.717, 1.165) is 0 Å². The summed E-state index contributed by atoms with van der Waals surface area (Å²) in [6.45, 7) is 7.76. The molecule has 1 aliphatic rings. The van der Waals surface area contributed by atoms with E-state index in [2.05, 4.69) is 5.16 Å². The summed E-state index contributed by atoms with van der Waals surface area (Å²) >= 11 is 0. The van der Waals surface area contributed by atoms with Crippen molar-refractivity contribution in [2.24, 2.45) is 0 Å². The molecule has 1 fully saturated rings. The van der Waals surface area contributed by atoms with Crippen LogP contribution in [0.3, 0.4) is 0 Å². The van der Waals surface area contributed by atoms with E-state index in [1.165, 1.54) is 4.90 Å². The van der Waals surface area contributed by atoms with Crippen molar-refractivity contribution in [1.29, 1.82) is 0 Å². The van der Waals surface area contributed by atoms with Gasteiger partial charge in [-0.2, -0.15) is 0 Å². The first-order valence-electron chi connectivity index (χ1n) is 7.28. The van der Waals surface area contributed by atoms with Crippen LogP contribution in [-0.4, -0.2) is 51.3 Å². The number of likely N-dealkylation sites (tertiary alicyclic amines) is 1. The van der Waals surface area contributed by atoms with E-state index in [0.29, 0.717) is 17.9 Å². The number of ether oxygens (including phenoxy) is 1. The number of carboxylic acids is 1. The topological polar surface area (TPSA) is 92.9 Å². The standard InChI is InChI=1S/C15H22N2O5/c1-9-5-10(22-16-9)7-13(18)17-8-11(21-15(2,3)4)6-12(17)14(19)20/h5,11-12H,6-8H2,1-4H3,(H,19,20)/t11?,12-/m0/s1. The number of rotatable bonds is 4. The number of carbonyl (C=O) groups is 2. The molecule has 0 radical (unpaired) electrons. The molecular formula is C15H22N2O5. The third-order valence-electron chi connectivity index (χ3n) is 3.39. The zero-order valence-electron chi connectivity index (χ0n) is 13.3. The number of nitrogens with zero attached hydrogens (tertiary/aromatic N) is 2. The van der Waals surface area contributed by atoms with Gasteiger partial charge in [-0.05, 0) is 27.7 Å². The average Bonchev–Trinajstić information content (AvgIpc) is 2.94. The van der Waals surface area contributed by atoms with Crippen molar-refractivity contribution < 1.29 is 24.0 Å². The number of carboxylic acid groups (broad SMARTS) is 1. The lowest BCUT2D eigenvalue weighted by Crippen LogP contribution is -2.41. The first-order chi connectivity index (χ1) is 10.2. The van der Waals surface area contributed by atoms with E-state index in [9.17, 15) is 14.7 Å². The normalized spacial score (nSPS) is 22.1. The summed E-state index contributed by atoms with van der Waals surface area (Å²) in [4.78, 5) is 25.1. The van der Waals surface area contributed by atoms with Crippen LogP contribution in [0.1, 0.15) is 38.6 Å². The van der Waals surface area contributed by atoms with Gasteiger partial charge in [-0.15, -0.1) is 0 Å². The van der Waals surface area contributed by atoms with Crippen LogP contribution in [-0.2, 0) is 20.7 Å². The monoisotopic (exact) mass is 310 g/mol. The molecule has 1 aliphatic heterocycles. The highest BCUT2D eigenvalue weighted by Crippen LogP contribution is 2.25. The molecular weight excluding hydrogens is 288 g/mol. The average molecular weight is 310 g/mol. The molecule has 1 amide bonds. The Morgan fingerprint density at radius 2 is 2.18 bits per heavy atom. The van der Waals surface area contributed by atoms with Crippen LogP contribution in [0.25, 0.3) is 0 Å². The van der Waals surface area contributed by atoms with Gasteiger partial charge >= 0.3 is 5.97 Å². The summed E-state index contributed by atoms with van der Waals surface area (Å²) in [5.41, 5.74) is 0.308. The quantitative estimate of drug-likeness (QED) is 0.903. The molecule has 2 heterocycles. The van der Waals surface area contributed by atoms with Gasteiger partial charge in [0.15, 0.2) is 0 Å². The molecule has 0 spiro atoms. The first kappa shape index (κ1) is 16.5. The lowest BCUT2D eigenvalue weighted by atomic mass is 10.1. The van der Waals surface area contributed by atoms with E-state index in [1.807, 2.05) is 20.8 Å². The summed E-state index contributed by atoms with van der Waals surface area (Å²) in [7, 11) is 0. The van der Waals surface area contributed by atoms with E-state index in [4.69, 9.17) is 9.26 Å². The third kappa shape index (κ3) is 4.07. The fourth-order valence-electron chi connectivity index (χ4n) is 2.64. The van der Waals surface area contributed by atoms with Crippen molar-refractivity contribution in [1.82, 2.24) is 10.1 Å². The zero-order valence-corrected chi connectivity index (χ0v) is 13.3. The fraction of sp³-hybridized carbons (Fsp3) is 0.667. The Morgan fingerprint density at radius 1 is 1.50 bits per heavy atom. The van der Waals surface area contributed by atoms with Crippen molar-refractivity contribution in [3.05, 3.63) is 17.5 Å². The van der Waals surface area contributed by atoms with Gasteiger partial charge in [0.05, 0.1) is 23.8 Å². The van der Waals surface area contributed by atoms with E-state index in [-0.39, 0.29) is 30.6 Å². The van der Waals surface area contributed by atoms with Crippen molar-refractivity contribution in [3.8, 4) is 0 Å². The molecule has 7 heteroatoms. The van der Waals surface area contributed by atoms with Crippen LogP contribution < -0.4 is 0 Å². The van der Waals surface area contributed by atoms with Crippen molar-refractivity contribution in [2.45, 2.75) is 58.3 Å². The number of aryl methyl sites for hydroxylation is 1. The highest BCUT2D eigenvalue weighted by atomic mass is 16.5. The number of carbonyl (C=O) groups excluding carboxylic acids is 1. The molecule has 0 saturated carbocycles. The minimum absolute atomic E-state index is 0.00680. The Morgan fingerprint density at radius 3 is 2.68 bits per heavy atom. The lowest BCUT2D eigenvalue weighted by Gasteiger charge is -2.25. The molecule has 1 saturated heterocycles.